The minimum atomic E-state index is 0.531. The maximum absolute atomic E-state index is 5.44. The molecular formula is C9H22N2S. The van der Waals surface area contributed by atoms with E-state index in [0.29, 0.717) is 6.04 Å². The number of nitrogens with one attached hydrogen (secondary N) is 1. The fraction of sp³-hybridized carbons (Fsp3) is 1.00. The minimum absolute atomic E-state index is 0.531. The number of rotatable bonds is 8. The summed E-state index contributed by atoms with van der Waals surface area (Å²) < 4.78 is 0. The van der Waals surface area contributed by atoms with Crippen molar-refractivity contribution in [3.63, 3.8) is 0 Å². The number of hydrogen-bond donors (Lipinski definition) is 2. The molecule has 0 radical (unpaired) electrons. The Morgan fingerprint density at radius 1 is 1.33 bits per heavy atom. The first kappa shape index (κ1) is 12.3. The zero-order valence-electron chi connectivity index (χ0n) is 8.31. The highest BCUT2D eigenvalue weighted by molar-refractivity contribution is 7.98. The number of hydrogen-bond acceptors (Lipinski definition) is 3. The van der Waals surface area contributed by atoms with Gasteiger partial charge < -0.3 is 0 Å². The van der Waals surface area contributed by atoms with Crippen molar-refractivity contribution >= 4 is 11.8 Å². The predicted octanol–water partition coefficient (Wildman–Crippen LogP) is 2.15. The van der Waals surface area contributed by atoms with Crippen LogP contribution in [0.4, 0.5) is 0 Å². The Morgan fingerprint density at radius 2 is 2.08 bits per heavy atom. The van der Waals surface area contributed by atoms with Crippen LogP contribution in [0.5, 0.6) is 0 Å². The van der Waals surface area contributed by atoms with Crippen LogP contribution in [-0.2, 0) is 0 Å². The van der Waals surface area contributed by atoms with E-state index < -0.39 is 0 Å². The van der Waals surface area contributed by atoms with Crippen molar-refractivity contribution in [2.45, 2.75) is 45.1 Å². The van der Waals surface area contributed by atoms with Crippen molar-refractivity contribution in [2.75, 3.05) is 12.0 Å². The number of hydrazine groups is 1. The van der Waals surface area contributed by atoms with Gasteiger partial charge in [-0.2, -0.15) is 11.8 Å². The lowest BCUT2D eigenvalue weighted by molar-refractivity contribution is 0.461. The van der Waals surface area contributed by atoms with Gasteiger partial charge in [0.05, 0.1) is 0 Å². The van der Waals surface area contributed by atoms with E-state index in [1.165, 1.54) is 37.9 Å². The van der Waals surface area contributed by atoms with Crippen molar-refractivity contribution in [2.24, 2.45) is 5.84 Å². The molecule has 0 amide bonds. The first-order valence-corrected chi connectivity index (χ1v) is 6.19. The van der Waals surface area contributed by atoms with Crippen LogP contribution in [0.15, 0.2) is 0 Å². The van der Waals surface area contributed by atoms with Gasteiger partial charge in [0.25, 0.3) is 0 Å². The Kier molecular flexibility index (Phi) is 9.57. The monoisotopic (exact) mass is 190 g/mol. The van der Waals surface area contributed by atoms with Crippen LogP contribution < -0.4 is 11.3 Å². The molecule has 3 heteroatoms. The van der Waals surface area contributed by atoms with E-state index in [1.54, 1.807) is 0 Å². The van der Waals surface area contributed by atoms with Gasteiger partial charge in [-0.15, -0.1) is 0 Å². The van der Waals surface area contributed by atoms with Crippen molar-refractivity contribution < 1.29 is 0 Å². The molecule has 0 saturated carbocycles. The quantitative estimate of drug-likeness (QED) is 0.350. The first-order chi connectivity index (χ1) is 5.85. The fourth-order valence-electron chi connectivity index (χ4n) is 1.21. The summed E-state index contributed by atoms with van der Waals surface area (Å²) in [5, 5.41) is 0. The van der Waals surface area contributed by atoms with Gasteiger partial charge >= 0.3 is 0 Å². The zero-order chi connectivity index (χ0) is 9.23. The molecule has 0 aliphatic heterocycles. The molecule has 12 heavy (non-hydrogen) atoms. The van der Waals surface area contributed by atoms with Gasteiger partial charge in [-0.05, 0) is 24.9 Å². The highest BCUT2D eigenvalue weighted by atomic mass is 32.2. The molecule has 3 N–H and O–H groups in total. The van der Waals surface area contributed by atoms with Crippen LogP contribution in [-0.4, -0.2) is 18.1 Å². The Morgan fingerprint density at radius 3 is 2.58 bits per heavy atom. The topological polar surface area (TPSA) is 38.0 Å². The lowest BCUT2D eigenvalue weighted by atomic mass is 10.1. The van der Waals surface area contributed by atoms with E-state index in [2.05, 4.69) is 18.6 Å². The van der Waals surface area contributed by atoms with Crippen LogP contribution in [0.3, 0.4) is 0 Å². The third-order valence-corrected chi connectivity index (χ3v) is 2.71. The van der Waals surface area contributed by atoms with Gasteiger partial charge in [0.2, 0.25) is 0 Å². The fourth-order valence-corrected chi connectivity index (χ4v) is 1.73. The van der Waals surface area contributed by atoms with Crippen LogP contribution in [0.25, 0.3) is 0 Å². The van der Waals surface area contributed by atoms with Crippen molar-refractivity contribution in [3.8, 4) is 0 Å². The Labute approximate surface area is 80.6 Å². The molecule has 74 valence electrons. The summed E-state index contributed by atoms with van der Waals surface area (Å²) in [7, 11) is 0. The number of unbranched alkanes of at least 4 members (excludes halogenated alkanes) is 2. The minimum Gasteiger partial charge on any atom is -0.271 e. The largest absolute Gasteiger partial charge is 0.271 e. The molecule has 0 spiro atoms. The second-order valence-corrected chi connectivity index (χ2v) is 4.13. The average Bonchev–Trinajstić information content (AvgIpc) is 2.11. The molecule has 1 atom stereocenters. The summed E-state index contributed by atoms with van der Waals surface area (Å²) in [6.07, 6.45) is 8.49. The first-order valence-electron chi connectivity index (χ1n) is 4.80. The highest BCUT2D eigenvalue weighted by Crippen LogP contribution is 2.08. The molecule has 1 unspecified atom stereocenters. The molecular weight excluding hydrogens is 168 g/mol. The van der Waals surface area contributed by atoms with E-state index in [-0.39, 0.29) is 0 Å². The highest BCUT2D eigenvalue weighted by Gasteiger charge is 2.04. The molecule has 0 bridgehead atoms. The standard InChI is InChI=1S/C9H22N2S/c1-3-4-5-6-9(11-10)7-8-12-2/h9,11H,3-8,10H2,1-2H3. The van der Waals surface area contributed by atoms with Gasteiger partial charge in [-0.25, -0.2) is 0 Å². The predicted molar refractivity (Wildman–Crippen MR) is 58.3 cm³/mol. The van der Waals surface area contributed by atoms with E-state index in [0.717, 1.165) is 0 Å². The third kappa shape index (κ3) is 6.95. The summed E-state index contributed by atoms with van der Waals surface area (Å²) in [6, 6.07) is 0.531. The van der Waals surface area contributed by atoms with Crippen LogP contribution in [0.2, 0.25) is 0 Å². The van der Waals surface area contributed by atoms with Gasteiger partial charge in [0.15, 0.2) is 0 Å². The Balaban J connectivity index is 3.26. The molecule has 0 aromatic rings. The van der Waals surface area contributed by atoms with Crippen molar-refractivity contribution in [3.05, 3.63) is 0 Å². The summed E-state index contributed by atoms with van der Waals surface area (Å²) >= 11 is 1.89. The normalized spacial score (nSPS) is 13.2. The summed E-state index contributed by atoms with van der Waals surface area (Å²) in [5.74, 6) is 6.65. The van der Waals surface area contributed by atoms with Crippen molar-refractivity contribution in [1.82, 2.24) is 5.43 Å². The lowest BCUT2D eigenvalue weighted by Gasteiger charge is -2.14. The smallest absolute Gasteiger partial charge is 0.0218 e. The van der Waals surface area contributed by atoms with E-state index in [4.69, 9.17) is 5.84 Å². The average molecular weight is 190 g/mol. The number of thioether (sulfide) groups is 1. The van der Waals surface area contributed by atoms with Crippen LogP contribution in [0, 0.1) is 0 Å². The summed E-state index contributed by atoms with van der Waals surface area (Å²) in [4.78, 5) is 0. The molecule has 0 rings (SSSR count). The van der Waals surface area contributed by atoms with Gasteiger partial charge in [-0.1, -0.05) is 26.2 Å². The Bertz CT molecular complexity index is 88.6. The van der Waals surface area contributed by atoms with E-state index >= 15 is 0 Å². The maximum Gasteiger partial charge on any atom is 0.0218 e. The van der Waals surface area contributed by atoms with Crippen molar-refractivity contribution in [1.29, 1.82) is 0 Å². The van der Waals surface area contributed by atoms with E-state index in [9.17, 15) is 0 Å². The van der Waals surface area contributed by atoms with Gasteiger partial charge in [0, 0.05) is 6.04 Å². The second-order valence-electron chi connectivity index (χ2n) is 3.14. The SMILES string of the molecule is CCCCCC(CCSC)NN. The molecule has 0 aliphatic rings. The zero-order valence-corrected chi connectivity index (χ0v) is 9.12. The molecule has 0 heterocycles. The molecule has 0 saturated heterocycles. The third-order valence-electron chi connectivity index (χ3n) is 2.06. The molecule has 2 nitrogen and oxygen atoms in total. The maximum atomic E-state index is 5.44. The second kappa shape index (κ2) is 9.36. The number of nitrogens with two attached hydrogens (primary N) is 1. The molecule has 0 aromatic heterocycles. The van der Waals surface area contributed by atoms with Crippen LogP contribution in [0.1, 0.15) is 39.0 Å². The molecule has 0 aliphatic carbocycles. The molecule has 0 fully saturated rings. The van der Waals surface area contributed by atoms with Gasteiger partial charge in [-0.3, -0.25) is 11.3 Å². The summed E-state index contributed by atoms with van der Waals surface area (Å²) in [6.45, 7) is 2.23. The Hall–Kier alpha value is 0.270. The molecule has 0 aromatic carbocycles. The van der Waals surface area contributed by atoms with E-state index in [1.807, 2.05) is 11.8 Å². The van der Waals surface area contributed by atoms with Crippen LogP contribution >= 0.6 is 11.8 Å². The van der Waals surface area contributed by atoms with Gasteiger partial charge in [0.1, 0.15) is 0 Å². The summed E-state index contributed by atoms with van der Waals surface area (Å²) in [5.41, 5.74) is 2.88. The lowest BCUT2D eigenvalue weighted by Crippen LogP contribution is -2.35.